The van der Waals surface area contributed by atoms with Gasteiger partial charge < -0.3 is 18.9 Å². The number of hydrogen-bond donors (Lipinski definition) is 0. The molecular weight excluding hydrogens is 343 g/mol. The zero-order chi connectivity index (χ0) is 19.3. The average molecular weight is 362 g/mol. The van der Waals surface area contributed by atoms with Crippen LogP contribution in [0.25, 0.3) is 0 Å². The summed E-state index contributed by atoms with van der Waals surface area (Å²) in [7, 11) is 4.28. The van der Waals surface area contributed by atoms with Gasteiger partial charge in [-0.05, 0) is 31.2 Å². The summed E-state index contributed by atoms with van der Waals surface area (Å²) in [6.45, 7) is 1.44. The van der Waals surface area contributed by atoms with Crippen LogP contribution in [0, 0.1) is 5.82 Å². The molecule has 0 aliphatic heterocycles. The van der Waals surface area contributed by atoms with Gasteiger partial charge in [0.25, 0.3) is 0 Å². The Balaban J connectivity index is 2.23. The molecule has 0 spiro atoms. The second-order valence-electron chi connectivity index (χ2n) is 5.33. The number of carbonyl (C=O) groups is 2. The van der Waals surface area contributed by atoms with Crippen molar-refractivity contribution in [2.45, 2.75) is 13.0 Å². The van der Waals surface area contributed by atoms with Crippen molar-refractivity contribution in [1.29, 1.82) is 0 Å². The van der Waals surface area contributed by atoms with Crippen LogP contribution in [0.4, 0.5) is 4.39 Å². The average Bonchev–Trinajstić information content (AvgIpc) is 2.66. The van der Waals surface area contributed by atoms with Crippen LogP contribution < -0.4 is 14.2 Å². The molecule has 7 heteroatoms. The van der Waals surface area contributed by atoms with E-state index in [1.807, 2.05) is 0 Å². The van der Waals surface area contributed by atoms with Crippen molar-refractivity contribution in [3.05, 3.63) is 53.3 Å². The third-order valence-electron chi connectivity index (χ3n) is 3.71. The van der Waals surface area contributed by atoms with Gasteiger partial charge in [0.1, 0.15) is 17.1 Å². The van der Waals surface area contributed by atoms with Gasteiger partial charge in [0.15, 0.2) is 17.6 Å². The number of carbonyl (C=O) groups excluding carboxylic acids is 2. The molecule has 0 radical (unpaired) electrons. The minimum absolute atomic E-state index is 0.0870. The molecule has 2 aromatic carbocycles. The number of halogens is 1. The molecule has 1 atom stereocenters. The van der Waals surface area contributed by atoms with Crippen LogP contribution >= 0.6 is 0 Å². The maximum absolute atomic E-state index is 13.0. The van der Waals surface area contributed by atoms with Gasteiger partial charge in [-0.2, -0.15) is 0 Å². The molecule has 26 heavy (non-hydrogen) atoms. The summed E-state index contributed by atoms with van der Waals surface area (Å²) in [4.78, 5) is 24.8. The van der Waals surface area contributed by atoms with E-state index in [4.69, 9.17) is 18.9 Å². The van der Waals surface area contributed by atoms with E-state index in [0.717, 1.165) is 0 Å². The van der Waals surface area contributed by atoms with Crippen LogP contribution in [0.15, 0.2) is 36.4 Å². The van der Waals surface area contributed by atoms with E-state index in [-0.39, 0.29) is 16.9 Å². The Morgan fingerprint density at radius 2 is 1.42 bits per heavy atom. The zero-order valence-corrected chi connectivity index (χ0v) is 14.9. The van der Waals surface area contributed by atoms with Crippen LogP contribution in [0.2, 0.25) is 0 Å². The molecule has 0 fully saturated rings. The fraction of sp³-hybridized carbons (Fsp3) is 0.263. The number of benzene rings is 2. The lowest BCUT2D eigenvalue weighted by Gasteiger charge is -2.16. The normalized spacial score (nSPS) is 11.4. The second-order valence-corrected chi connectivity index (χ2v) is 5.33. The van der Waals surface area contributed by atoms with E-state index in [1.54, 1.807) is 0 Å². The first-order valence-corrected chi connectivity index (χ1v) is 7.72. The molecule has 2 rings (SSSR count). The fourth-order valence-corrected chi connectivity index (χ4v) is 2.32. The highest BCUT2D eigenvalue weighted by Crippen LogP contribution is 2.35. The number of methoxy groups -OCH3 is 3. The number of Topliss-reactive ketones (excluding diaryl/α,β-unsaturated/α-hetero) is 1. The molecule has 0 aliphatic carbocycles. The summed E-state index contributed by atoms with van der Waals surface area (Å²) < 4.78 is 33.7. The van der Waals surface area contributed by atoms with Crippen LogP contribution in [0.1, 0.15) is 27.6 Å². The predicted molar refractivity (Wildman–Crippen MR) is 91.7 cm³/mol. The maximum Gasteiger partial charge on any atom is 0.342 e. The molecule has 6 nitrogen and oxygen atoms in total. The van der Waals surface area contributed by atoms with E-state index < -0.39 is 23.7 Å². The lowest BCUT2D eigenvalue weighted by atomic mass is 10.1. The third-order valence-corrected chi connectivity index (χ3v) is 3.71. The van der Waals surface area contributed by atoms with Crippen molar-refractivity contribution in [3.63, 3.8) is 0 Å². The molecule has 0 aromatic heterocycles. The number of esters is 1. The minimum atomic E-state index is -1.06. The maximum atomic E-state index is 13.0. The highest BCUT2D eigenvalue weighted by molar-refractivity contribution is 6.02. The van der Waals surface area contributed by atoms with Gasteiger partial charge in [0.05, 0.1) is 21.3 Å². The zero-order valence-electron chi connectivity index (χ0n) is 14.9. The van der Waals surface area contributed by atoms with Crippen molar-refractivity contribution in [2.24, 2.45) is 0 Å². The summed E-state index contributed by atoms with van der Waals surface area (Å²) in [6, 6.07) is 7.90. The standard InChI is InChI=1S/C19H19FO6/c1-11(18(21)12-5-7-13(20)8-6-12)26-19(22)14-9-16(24-3)17(25-4)10-15(14)23-2/h5-11H,1-4H3/t11-/m0/s1. The Morgan fingerprint density at radius 1 is 0.885 bits per heavy atom. The molecule has 0 heterocycles. The topological polar surface area (TPSA) is 71.1 Å². The first kappa shape index (κ1) is 19.2. The van der Waals surface area contributed by atoms with Crippen LogP contribution in [0.5, 0.6) is 17.2 Å². The Labute approximate surface area is 150 Å². The van der Waals surface area contributed by atoms with Gasteiger partial charge in [0.2, 0.25) is 5.78 Å². The predicted octanol–water partition coefficient (Wildman–Crippen LogP) is 3.28. The first-order valence-electron chi connectivity index (χ1n) is 7.72. The molecule has 0 unspecified atom stereocenters. The molecule has 138 valence electrons. The Kier molecular flexibility index (Phi) is 6.16. The third kappa shape index (κ3) is 4.11. The van der Waals surface area contributed by atoms with E-state index in [2.05, 4.69) is 0 Å². The van der Waals surface area contributed by atoms with Crippen LogP contribution in [0.3, 0.4) is 0 Å². The van der Waals surface area contributed by atoms with Crippen LogP contribution in [-0.4, -0.2) is 39.2 Å². The highest BCUT2D eigenvalue weighted by atomic mass is 19.1. The molecule has 0 bridgehead atoms. The smallest absolute Gasteiger partial charge is 0.342 e. The summed E-state index contributed by atoms with van der Waals surface area (Å²) in [5, 5.41) is 0. The molecule has 0 aliphatic rings. The van der Waals surface area contributed by atoms with Gasteiger partial charge in [0, 0.05) is 17.7 Å². The Bertz CT molecular complexity index is 800. The van der Waals surface area contributed by atoms with Crippen LogP contribution in [-0.2, 0) is 4.74 Å². The molecule has 0 saturated heterocycles. The monoisotopic (exact) mass is 362 g/mol. The van der Waals surface area contributed by atoms with Gasteiger partial charge >= 0.3 is 5.97 Å². The Hall–Kier alpha value is -3.09. The fourth-order valence-electron chi connectivity index (χ4n) is 2.32. The molecule has 0 amide bonds. The van der Waals surface area contributed by atoms with Crippen molar-refractivity contribution in [2.75, 3.05) is 21.3 Å². The highest BCUT2D eigenvalue weighted by Gasteiger charge is 2.24. The molecule has 2 aromatic rings. The lowest BCUT2D eigenvalue weighted by Crippen LogP contribution is -2.24. The summed E-state index contributed by atoms with van der Waals surface area (Å²) >= 11 is 0. The number of hydrogen-bond acceptors (Lipinski definition) is 6. The Morgan fingerprint density at radius 3 is 1.96 bits per heavy atom. The van der Waals surface area contributed by atoms with Crippen molar-refractivity contribution in [3.8, 4) is 17.2 Å². The SMILES string of the molecule is COc1cc(OC)c(C(=O)O[C@@H](C)C(=O)c2ccc(F)cc2)cc1OC. The molecular formula is C19H19FO6. The molecule has 0 N–H and O–H groups in total. The van der Waals surface area contributed by atoms with E-state index >= 15 is 0 Å². The largest absolute Gasteiger partial charge is 0.496 e. The quantitative estimate of drug-likeness (QED) is 0.556. The van der Waals surface area contributed by atoms with Crippen molar-refractivity contribution >= 4 is 11.8 Å². The van der Waals surface area contributed by atoms with Gasteiger partial charge in [-0.15, -0.1) is 0 Å². The summed E-state index contributed by atoms with van der Waals surface area (Å²) in [5.74, 6) is -0.743. The van der Waals surface area contributed by atoms with Gasteiger partial charge in [-0.25, -0.2) is 9.18 Å². The lowest BCUT2D eigenvalue weighted by molar-refractivity contribution is 0.0315. The van der Waals surface area contributed by atoms with Crippen molar-refractivity contribution in [1.82, 2.24) is 0 Å². The number of ketones is 1. The molecule has 0 saturated carbocycles. The van der Waals surface area contributed by atoms with E-state index in [0.29, 0.717) is 11.5 Å². The summed E-state index contributed by atoms with van der Waals surface area (Å²) in [6.07, 6.45) is -1.06. The number of ether oxygens (including phenoxy) is 4. The second kappa shape index (κ2) is 8.33. The van der Waals surface area contributed by atoms with Gasteiger partial charge in [-0.3, -0.25) is 4.79 Å². The summed E-state index contributed by atoms with van der Waals surface area (Å²) in [5.41, 5.74) is 0.329. The minimum Gasteiger partial charge on any atom is -0.496 e. The van der Waals surface area contributed by atoms with Crippen molar-refractivity contribution < 1.29 is 32.9 Å². The number of rotatable bonds is 7. The first-order chi connectivity index (χ1) is 12.4. The van der Waals surface area contributed by atoms with E-state index in [9.17, 15) is 14.0 Å². The van der Waals surface area contributed by atoms with E-state index in [1.165, 1.54) is 64.7 Å². The van der Waals surface area contributed by atoms with Gasteiger partial charge in [-0.1, -0.05) is 0 Å².